The number of hydrogen-bond donors (Lipinski definition) is 3. The van der Waals surface area contributed by atoms with E-state index in [2.05, 4.69) is 21.2 Å². The lowest BCUT2D eigenvalue weighted by molar-refractivity contribution is -0.136. The third kappa shape index (κ3) is 8.11. The highest BCUT2D eigenvalue weighted by molar-refractivity contribution is 6.45. The predicted octanol–water partition coefficient (Wildman–Crippen LogP) is 5.46. The third-order valence-electron chi connectivity index (χ3n) is 4.89. The zero-order chi connectivity index (χ0) is 27.7. The molecule has 0 aliphatic rings. The number of benzene rings is 3. The van der Waals surface area contributed by atoms with E-state index >= 15 is 0 Å². The minimum atomic E-state index is -1.01. The zero-order valence-corrected chi connectivity index (χ0v) is 22.6. The molecule has 198 valence electrons. The first-order valence-electron chi connectivity index (χ1n) is 11.2. The van der Waals surface area contributed by atoms with E-state index in [0.29, 0.717) is 34.4 Å². The second-order valence-corrected chi connectivity index (χ2v) is 8.91. The lowest BCUT2D eigenvalue weighted by Gasteiger charge is -2.13. The molecule has 0 saturated carbocycles. The van der Waals surface area contributed by atoms with E-state index in [1.54, 1.807) is 55.5 Å². The molecule has 0 aliphatic carbocycles. The van der Waals surface area contributed by atoms with Gasteiger partial charge < -0.3 is 20.1 Å². The van der Waals surface area contributed by atoms with Crippen molar-refractivity contribution in [3.63, 3.8) is 0 Å². The summed E-state index contributed by atoms with van der Waals surface area (Å²) in [5.41, 5.74) is 4.31. The highest BCUT2D eigenvalue weighted by atomic mass is 35.5. The molecule has 0 unspecified atom stereocenters. The average Bonchev–Trinajstić information content (AvgIpc) is 2.88. The number of carbonyl (C=O) groups excluding carboxylic acids is 3. The molecule has 0 spiro atoms. The van der Waals surface area contributed by atoms with Gasteiger partial charge in [0.2, 0.25) is 0 Å². The van der Waals surface area contributed by atoms with E-state index in [0.717, 1.165) is 5.56 Å². The first kappa shape index (κ1) is 28.8. The number of aryl methyl sites for hydroxylation is 1. The van der Waals surface area contributed by atoms with Crippen LogP contribution in [-0.4, -0.2) is 37.1 Å². The number of hydrogen-bond acceptors (Lipinski definition) is 6. The maximum absolute atomic E-state index is 12.4. The second-order valence-electron chi connectivity index (χ2n) is 7.69. The molecule has 0 heterocycles. The summed E-state index contributed by atoms with van der Waals surface area (Å²) in [7, 11) is 0. The number of anilines is 2. The zero-order valence-electron chi connectivity index (χ0n) is 20.3. The van der Waals surface area contributed by atoms with E-state index in [9.17, 15) is 14.4 Å². The number of nitrogens with one attached hydrogen (secondary N) is 3. The summed E-state index contributed by atoms with van der Waals surface area (Å²) in [6.45, 7) is 3.73. The Bertz CT molecular complexity index is 1380. The fourth-order valence-corrected chi connectivity index (χ4v) is 3.57. The van der Waals surface area contributed by atoms with Crippen LogP contribution in [-0.2, 0) is 14.4 Å². The molecule has 3 aromatic carbocycles. The van der Waals surface area contributed by atoms with Crippen molar-refractivity contribution in [2.45, 2.75) is 13.8 Å². The Morgan fingerprint density at radius 1 is 0.895 bits per heavy atom. The first-order chi connectivity index (χ1) is 18.2. The first-order valence-corrected chi connectivity index (χ1v) is 12.4. The predicted molar refractivity (Wildman–Crippen MR) is 149 cm³/mol. The van der Waals surface area contributed by atoms with Gasteiger partial charge in [-0.1, -0.05) is 46.9 Å². The van der Waals surface area contributed by atoms with Gasteiger partial charge in [-0.15, -0.1) is 0 Å². The molecule has 0 fully saturated rings. The largest absolute Gasteiger partial charge is 0.490 e. The van der Waals surface area contributed by atoms with Crippen molar-refractivity contribution in [3.05, 3.63) is 80.8 Å². The molecule has 0 saturated heterocycles. The molecule has 0 aromatic heterocycles. The van der Waals surface area contributed by atoms with Gasteiger partial charge in [0.05, 0.1) is 28.6 Å². The fraction of sp³-hybridized carbons (Fsp3) is 0.154. The summed E-state index contributed by atoms with van der Waals surface area (Å²) in [5.74, 6) is -1.66. The number of rotatable bonds is 9. The van der Waals surface area contributed by atoms with E-state index < -0.39 is 11.8 Å². The maximum atomic E-state index is 12.4. The van der Waals surface area contributed by atoms with Gasteiger partial charge in [0.25, 0.3) is 5.91 Å². The van der Waals surface area contributed by atoms with Gasteiger partial charge in [0.15, 0.2) is 18.1 Å². The van der Waals surface area contributed by atoms with Crippen molar-refractivity contribution in [3.8, 4) is 11.5 Å². The summed E-state index contributed by atoms with van der Waals surface area (Å²) in [6.07, 6.45) is 1.32. The van der Waals surface area contributed by atoms with Crippen LogP contribution in [0.25, 0.3) is 0 Å². The van der Waals surface area contributed by atoms with E-state index in [1.165, 1.54) is 12.3 Å². The Morgan fingerprint density at radius 2 is 1.68 bits per heavy atom. The van der Waals surface area contributed by atoms with Crippen LogP contribution in [0.1, 0.15) is 18.1 Å². The molecular formula is C26H23Cl3N4O5. The molecule has 0 aliphatic heterocycles. The highest BCUT2D eigenvalue weighted by Gasteiger charge is 2.16. The van der Waals surface area contributed by atoms with E-state index in [-0.39, 0.29) is 28.2 Å². The van der Waals surface area contributed by atoms with Gasteiger partial charge in [-0.3, -0.25) is 14.4 Å². The number of nitrogens with zero attached hydrogens (tertiary/aromatic N) is 1. The molecule has 38 heavy (non-hydrogen) atoms. The van der Waals surface area contributed by atoms with Crippen molar-refractivity contribution in [1.29, 1.82) is 0 Å². The van der Waals surface area contributed by atoms with Gasteiger partial charge in [-0.05, 0) is 67.4 Å². The minimum Gasteiger partial charge on any atom is -0.490 e. The SMILES string of the molecule is CCOc1cc(/C=N\NC(=O)C(=O)Nc2cccc(Cl)c2Cl)ccc1OCC(=O)Nc1cc(Cl)ccc1C. The van der Waals surface area contributed by atoms with Gasteiger partial charge in [0, 0.05) is 10.7 Å². The Hall–Kier alpha value is -3.79. The Morgan fingerprint density at radius 3 is 2.45 bits per heavy atom. The van der Waals surface area contributed by atoms with Crippen LogP contribution in [0.2, 0.25) is 15.1 Å². The Labute approximate surface area is 234 Å². The van der Waals surface area contributed by atoms with Crippen molar-refractivity contribution >= 4 is 70.1 Å². The summed E-state index contributed by atoms with van der Waals surface area (Å²) < 4.78 is 11.2. The normalized spacial score (nSPS) is 10.7. The lowest BCUT2D eigenvalue weighted by Crippen LogP contribution is -2.32. The quantitative estimate of drug-likeness (QED) is 0.177. The molecule has 0 radical (unpaired) electrons. The topological polar surface area (TPSA) is 118 Å². The number of carbonyl (C=O) groups is 3. The Kier molecular flexibility index (Phi) is 10.3. The molecule has 12 heteroatoms. The van der Waals surface area contributed by atoms with E-state index in [1.807, 2.05) is 6.92 Å². The van der Waals surface area contributed by atoms with Crippen LogP contribution in [0.15, 0.2) is 59.7 Å². The van der Waals surface area contributed by atoms with Crippen molar-refractivity contribution in [2.75, 3.05) is 23.8 Å². The summed E-state index contributed by atoms with van der Waals surface area (Å²) in [5, 5.41) is 9.76. The number of halogens is 3. The molecular weight excluding hydrogens is 555 g/mol. The summed E-state index contributed by atoms with van der Waals surface area (Å²) in [6, 6.07) is 14.7. The van der Waals surface area contributed by atoms with Crippen LogP contribution in [0.4, 0.5) is 11.4 Å². The molecule has 3 amide bonds. The van der Waals surface area contributed by atoms with Gasteiger partial charge in [-0.25, -0.2) is 5.43 Å². The molecule has 9 nitrogen and oxygen atoms in total. The van der Waals surface area contributed by atoms with Crippen LogP contribution >= 0.6 is 34.8 Å². The maximum Gasteiger partial charge on any atom is 0.329 e. The molecule has 3 N–H and O–H groups in total. The highest BCUT2D eigenvalue weighted by Crippen LogP contribution is 2.30. The summed E-state index contributed by atoms with van der Waals surface area (Å²) in [4.78, 5) is 36.5. The lowest BCUT2D eigenvalue weighted by atomic mass is 10.2. The standard InChI is InChI=1S/C26H23Cl3N4O5/c1-3-37-22-11-16(13-30-33-26(36)25(35)32-19-6-4-5-18(28)24(19)29)8-10-21(22)38-14-23(34)31-20-12-17(27)9-7-15(20)2/h4-13H,3,14H2,1-2H3,(H,31,34)(H,32,35)(H,33,36)/b30-13-. The molecule has 3 aromatic rings. The smallest absolute Gasteiger partial charge is 0.329 e. The van der Waals surface area contributed by atoms with Crippen LogP contribution < -0.4 is 25.5 Å². The summed E-state index contributed by atoms with van der Waals surface area (Å²) >= 11 is 17.9. The average molecular weight is 578 g/mol. The third-order valence-corrected chi connectivity index (χ3v) is 5.94. The monoisotopic (exact) mass is 576 g/mol. The number of hydrazone groups is 1. The fourth-order valence-electron chi connectivity index (χ4n) is 3.05. The molecule has 3 rings (SSSR count). The van der Waals surface area contributed by atoms with E-state index in [4.69, 9.17) is 44.3 Å². The van der Waals surface area contributed by atoms with Gasteiger partial charge >= 0.3 is 11.8 Å². The van der Waals surface area contributed by atoms with Crippen LogP contribution in [0.3, 0.4) is 0 Å². The Balaban J connectivity index is 1.58. The van der Waals surface area contributed by atoms with Crippen molar-refractivity contribution in [1.82, 2.24) is 5.43 Å². The number of ether oxygens (including phenoxy) is 2. The van der Waals surface area contributed by atoms with Crippen LogP contribution in [0.5, 0.6) is 11.5 Å². The molecule has 0 bridgehead atoms. The van der Waals surface area contributed by atoms with Crippen molar-refractivity contribution in [2.24, 2.45) is 5.10 Å². The van der Waals surface area contributed by atoms with Crippen molar-refractivity contribution < 1.29 is 23.9 Å². The van der Waals surface area contributed by atoms with Gasteiger partial charge in [0.1, 0.15) is 0 Å². The van der Waals surface area contributed by atoms with Gasteiger partial charge in [-0.2, -0.15) is 5.10 Å². The van der Waals surface area contributed by atoms with Crippen LogP contribution in [0, 0.1) is 6.92 Å². The second kappa shape index (κ2) is 13.7. The minimum absolute atomic E-state index is 0.113. The number of amides is 3. The molecule has 0 atom stereocenters.